The summed E-state index contributed by atoms with van der Waals surface area (Å²) in [6.07, 6.45) is 4.19. The Morgan fingerprint density at radius 2 is 1.75 bits per heavy atom. The first-order chi connectivity index (χ1) is 15.6. The highest BCUT2D eigenvalue weighted by atomic mass is 16.5. The first-order valence-corrected chi connectivity index (χ1v) is 11.2. The summed E-state index contributed by atoms with van der Waals surface area (Å²) in [4.78, 5) is 13.7. The molecule has 0 amide bonds. The second kappa shape index (κ2) is 8.91. The number of methoxy groups -OCH3 is 1. The highest BCUT2D eigenvalue weighted by Crippen LogP contribution is 2.30. The van der Waals surface area contributed by atoms with Crippen LogP contribution in [0.15, 0.2) is 24.4 Å². The van der Waals surface area contributed by atoms with E-state index in [9.17, 15) is 0 Å². The van der Waals surface area contributed by atoms with Crippen LogP contribution in [0.5, 0.6) is 11.8 Å². The van der Waals surface area contributed by atoms with Gasteiger partial charge < -0.3 is 24.0 Å². The molecule has 2 saturated heterocycles. The van der Waals surface area contributed by atoms with Crippen LogP contribution in [-0.4, -0.2) is 84.3 Å². The summed E-state index contributed by atoms with van der Waals surface area (Å²) in [7, 11) is 3.74. The largest absolute Gasteiger partial charge is 0.490 e. The molecule has 170 valence electrons. The average molecular weight is 439 g/mol. The fourth-order valence-electron chi connectivity index (χ4n) is 4.32. The Hall–Kier alpha value is -2.91. The molecule has 9 heteroatoms. The van der Waals surface area contributed by atoms with Crippen molar-refractivity contribution in [2.75, 3.05) is 58.5 Å². The standard InChI is InChI=1S/C23H30N6O3/c1-16-12-17-15-24-29(19(17)13-20(16)32-18-4-6-27(2)7-5-18)22-14-21(25-23(26-22)30-3)28-8-10-31-11-9-28/h12-15,18H,4-11H2,1-3H3. The molecule has 3 aromatic rings. The van der Waals surface area contributed by atoms with Crippen molar-refractivity contribution in [3.8, 4) is 17.6 Å². The lowest BCUT2D eigenvalue weighted by Crippen LogP contribution is -2.37. The van der Waals surface area contributed by atoms with E-state index in [1.807, 2.05) is 16.9 Å². The second-order valence-corrected chi connectivity index (χ2v) is 8.52. The van der Waals surface area contributed by atoms with E-state index < -0.39 is 0 Å². The van der Waals surface area contributed by atoms with Crippen molar-refractivity contribution < 1.29 is 14.2 Å². The number of aromatic nitrogens is 4. The van der Waals surface area contributed by atoms with E-state index in [1.54, 1.807) is 7.11 Å². The summed E-state index contributed by atoms with van der Waals surface area (Å²) in [5.41, 5.74) is 2.07. The zero-order valence-corrected chi connectivity index (χ0v) is 19.0. The highest BCUT2D eigenvalue weighted by Gasteiger charge is 2.21. The zero-order valence-electron chi connectivity index (χ0n) is 19.0. The number of benzene rings is 1. The molecule has 4 heterocycles. The molecule has 2 aromatic heterocycles. The van der Waals surface area contributed by atoms with Crippen molar-refractivity contribution >= 4 is 16.7 Å². The molecule has 32 heavy (non-hydrogen) atoms. The van der Waals surface area contributed by atoms with Crippen molar-refractivity contribution in [1.29, 1.82) is 0 Å². The van der Waals surface area contributed by atoms with Crippen molar-refractivity contribution in [3.63, 3.8) is 0 Å². The summed E-state index contributed by atoms with van der Waals surface area (Å²) >= 11 is 0. The molecule has 0 radical (unpaired) electrons. The van der Waals surface area contributed by atoms with E-state index in [-0.39, 0.29) is 6.10 Å². The fraction of sp³-hybridized carbons (Fsp3) is 0.522. The fourth-order valence-corrected chi connectivity index (χ4v) is 4.32. The first kappa shape index (κ1) is 21.0. The number of ether oxygens (including phenoxy) is 3. The SMILES string of the molecule is COc1nc(N2CCOCC2)cc(-n2ncc3cc(C)c(OC4CCN(C)CC4)cc32)n1. The van der Waals surface area contributed by atoms with Gasteiger partial charge in [0.25, 0.3) is 0 Å². The van der Waals surface area contributed by atoms with E-state index in [0.29, 0.717) is 25.0 Å². The lowest BCUT2D eigenvalue weighted by atomic mass is 10.1. The van der Waals surface area contributed by atoms with Gasteiger partial charge in [-0.2, -0.15) is 15.1 Å². The lowest BCUT2D eigenvalue weighted by molar-refractivity contribution is 0.114. The van der Waals surface area contributed by atoms with Gasteiger partial charge in [-0.3, -0.25) is 0 Å². The molecule has 0 aliphatic carbocycles. The normalized spacial score (nSPS) is 18.3. The Morgan fingerprint density at radius 1 is 1.00 bits per heavy atom. The maximum atomic E-state index is 6.42. The smallest absolute Gasteiger partial charge is 0.320 e. The van der Waals surface area contributed by atoms with Crippen LogP contribution in [0, 0.1) is 6.92 Å². The molecule has 2 fully saturated rings. The molecule has 0 N–H and O–H groups in total. The van der Waals surface area contributed by atoms with Gasteiger partial charge in [-0.1, -0.05) is 0 Å². The molecular formula is C23H30N6O3. The number of fused-ring (bicyclic) bond motifs is 1. The molecule has 0 saturated carbocycles. The van der Waals surface area contributed by atoms with Crippen LogP contribution < -0.4 is 14.4 Å². The van der Waals surface area contributed by atoms with Gasteiger partial charge >= 0.3 is 6.01 Å². The van der Waals surface area contributed by atoms with Gasteiger partial charge in [0.2, 0.25) is 0 Å². The van der Waals surface area contributed by atoms with Gasteiger partial charge in [-0.25, -0.2) is 4.68 Å². The number of hydrogen-bond donors (Lipinski definition) is 0. The average Bonchev–Trinajstić information content (AvgIpc) is 3.23. The summed E-state index contributed by atoms with van der Waals surface area (Å²) in [6, 6.07) is 6.49. The molecule has 1 aromatic carbocycles. The third kappa shape index (κ3) is 4.22. The molecule has 0 bridgehead atoms. The zero-order chi connectivity index (χ0) is 22.1. The number of piperidine rings is 1. The number of morpholine rings is 1. The lowest BCUT2D eigenvalue weighted by Gasteiger charge is -2.29. The van der Waals surface area contributed by atoms with E-state index >= 15 is 0 Å². The quantitative estimate of drug-likeness (QED) is 0.601. The van der Waals surface area contributed by atoms with Crippen LogP contribution in [0.25, 0.3) is 16.7 Å². The molecule has 5 rings (SSSR count). The topological polar surface area (TPSA) is 77.8 Å². The minimum absolute atomic E-state index is 0.241. The highest BCUT2D eigenvalue weighted by molar-refractivity contribution is 5.83. The Morgan fingerprint density at radius 3 is 2.50 bits per heavy atom. The van der Waals surface area contributed by atoms with E-state index in [1.165, 1.54) is 0 Å². The van der Waals surface area contributed by atoms with Crippen molar-refractivity contribution in [2.24, 2.45) is 0 Å². The number of rotatable bonds is 5. The predicted molar refractivity (Wildman–Crippen MR) is 122 cm³/mol. The Bertz CT molecular complexity index is 1090. The molecule has 9 nitrogen and oxygen atoms in total. The molecule has 0 spiro atoms. The Balaban J connectivity index is 1.50. The van der Waals surface area contributed by atoms with Crippen LogP contribution in [0.4, 0.5) is 5.82 Å². The van der Waals surface area contributed by atoms with Crippen LogP contribution in [0.1, 0.15) is 18.4 Å². The third-order valence-corrected chi connectivity index (χ3v) is 6.24. The van der Waals surface area contributed by atoms with Gasteiger partial charge in [0.05, 0.1) is 32.0 Å². The molecular weight excluding hydrogens is 408 g/mol. The van der Waals surface area contributed by atoms with Crippen LogP contribution in [0.2, 0.25) is 0 Å². The minimum Gasteiger partial charge on any atom is -0.490 e. The summed E-state index contributed by atoms with van der Waals surface area (Å²) in [5, 5.41) is 5.68. The minimum atomic E-state index is 0.241. The van der Waals surface area contributed by atoms with Crippen LogP contribution >= 0.6 is 0 Å². The Kier molecular flexibility index (Phi) is 5.84. The van der Waals surface area contributed by atoms with Crippen molar-refractivity contribution in [3.05, 3.63) is 30.0 Å². The van der Waals surface area contributed by atoms with E-state index in [2.05, 4.69) is 51.0 Å². The van der Waals surface area contributed by atoms with Crippen molar-refractivity contribution in [1.82, 2.24) is 24.6 Å². The summed E-state index contributed by atoms with van der Waals surface area (Å²) in [6.45, 7) is 7.15. The molecule has 0 unspecified atom stereocenters. The first-order valence-electron chi connectivity index (χ1n) is 11.2. The number of nitrogens with zero attached hydrogens (tertiary/aromatic N) is 6. The van der Waals surface area contributed by atoms with Gasteiger partial charge in [0, 0.05) is 43.7 Å². The van der Waals surface area contributed by atoms with E-state index in [0.717, 1.165) is 67.1 Å². The molecule has 0 atom stereocenters. The van der Waals surface area contributed by atoms with Gasteiger partial charge in [-0.05, 0) is 38.4 Å². The second-order valence-electron chi connectivity index (χ2n) is 8.52. The maximum absolute atomic E-state index is 6.42. The van der Waals surface area contributed by atoms with Gasteiger partial charge in [0.1, 0.15) is 17.7 Å². The number of aryl methyl sites for hydroxylation is 1. The predicted octanol–water partition coefficient (Wildman–Crippen LogP) is 2.44. The van der Waals surface area contributed by atoms with Gasteiger partial charge in [0.15, 0.2) is 5.82 Å². The molecule has 2 aliphatic rings. The van der Waals surface area contributed by atoms with Crippen LogP contribution in [0.3, 0.4) is 0 Å². The number of anilines is 1. The monoisotopic (exact) mass is 438 g/mol. The van der Waals surface area contributed by atoms with Crippen LogP contribution in [-0.2, 0) is 4.74 Å². The van der Waals surface area contributed by atoms with E-state index in [4.69, 9.17) is 14.2 Å². The van der Waals surface area contributed by atoms with Gasteiger partial charge in [-0.15, -0.1) is 0 Å². The number of likely N-dealkylation sites (tertiary alicyclic amines) is 1. The summed E-state index contributed by atoms with van der Waals surface area (Å²) < 4.78 is 19.1. The van der Waals surface area contributed by atoms with Crippen molar-refractivity contribution in [2.45, 2.75) is 25.9 Å². The third-order valence-electron chi connectivity index (χ3n) is 6.24. The maximum Gasteiger partial charge on any atom is 0.320 e. The number of hydrogen-bond acceptors (Lipinski definition) is 8. The molecule has 2 aliphatic heterocycles. The Labute approximate surface area is 187 Å². The summed E-state index contributed by atoms with van der Waals surface area (Å²) in [5.74, 6) is 2.39.